The van der Waals surface area contributed by atoms with Gasteiger partial charge >= 0.3 is 5.97 Å². The molecule has 0 fully saturated rings. The zero-order valence-corrected chi connectivity index (χ0v) is 14.9. The van der Waals surface area contributed by atoms with Gasteiger partial charge in [-0.05, 0) is 29.8 Å². The summed E-state index contributed by atoms with van der Waals surface area (Å²) in [6.45, 7) is 0.634. The first kappa shape index (κ1) is 17.3. The van der Waals surface area contributed by atoms with Crippen LogP contribution < -0.4 is 14.8 Å². The Morgan fingerprint density at radius 1 is 1.04 bits per heavy atom. The summed E-state index contributed by atoms with van der Waals surface area (Å²) in [5.74, 6) is 0.349. The number of fused-ring (bicyclic) bond motifs is 1. The maximum Gasteiger partial charge on any atom is 0.310 e. The summed E-state index contributed by atoms with van der Waals surface area (Å²) >= 11 is 3.33. The second kappa shape index (κ2) is 8.02. The molecule has 0 spiro atoms. The molecular formula is C18H16BrNO5. The van der Waals surface area contributed by atoms with E-state index < -0.39 is 11.9 Å². The molecule has 130 valence electrons. The molecule has 0 aliphatic carbocycles. The van der Waals surface area contributed by atoms with Crippen molar-refractivity contribution >= 4 is 33.5 Å². The Bertz CT molecular complexity index is 776. The topological polar surface area (TPSA) is 73.9 Å². The number of hydrogen-bond acceptors (Lipinski definition) is 5. The molecule has 1 aliphatic rings. The third-order valence-corrected chi connectivity index (χ3v) is 3.98. The maximum absolute atomic E-state index is 11.9. The van der Waals surface area contributed by atoms with Crippen LogP contribution in [0.15, 0.2) is 46.9 Å². The lowest BCUT2D eigenvalue weighted by molar-refractivity contribution is -0.146. The van der Waals surface area contributed by atoms with Gasteiger partial charge in [-0.3, -0.25) is 9.59 Å². The highest BCUT2D eigenvalue weighted by atomic mass is 79.9. The quantitative estimate of drug-likeness (QED) is 0.774. The van der Waals surface area contributed by atoms with Gasteiger partial charge in [-0.2, -0.15) is 0 Å². The highest BCUT2D eigenvalue weighted by Gasteiger charge is 2.13. The lowest BCUT2D eigenvalue weighted by atomic mass is 10.2. The molecule has 2 aromatic rings. The lowest BCUT2D eigenvalue weighted by Crippen LogP contribution is -2.22. The van der Waals surface area contributed by atoms with Crippen LogP contribution in [0.5, 0.6) is 11.5 Å². The largest absolute Gasteiger partial charge is 0.486 e. The van der Waals surface area contributed by atoms with Gasteiger partial charge in [-0.15, -0.1) is 0 Å². The van der Waals surface area contributed by atoms with Crippen LogP contribution in [-0.2, 0) is 20.7 Å². The Balaban J connectivity index is 1.47. The van der Waals surface area contributed by atoms with E-state index in [2.05, 4.69) is 21.2 Å². The van der Waals surface area contributed by atoms with Crippen LogP contribution in [0.25, 0.3) is 0 Å². The van der Waals surface area contributed by atoms with Crippen molar-refractivity contribution in [2.45, 2.75) is 6.42 Å². The van der Waals surface area contributed by atoms with E-state index >= 15 is 0 Å². The summed E-state index contributed by atoms with van der Waals surface area (Å²) in [4.78, 5) is 23.7. The minimum Gasteiger partial charge on any atom is -0.486 e. The average Bonchev–Trinajstić information content (AvgIpc) is 2.62. The maximum atomic E-state index is 11.9. The molecule has 1 N–H and O–H groups in total. The molecule has 1 amide bonds. The van der Waals surface area contributed by atoms with Crippen molar-refractivity contribution in [3.63, 3.8) is 0 Å². The van der Waals surface area contributed by atoms with E-state index in [4.69, 9.17) is 14.2 Å². The Morgan fingerprint density at radius 2 is 1.76 bits per heavy atom. The summed E-state index contributed by atoms with van der Waals surface area (Å²) < 4.78 is 16.8. The first-order valence-electron chi connectivity index (χ1n) is 7.70. The Morgan fingerprint density at radius 3 is 2.52 bits per heavy atom. The van der Waals surface area contributed by atoms with Gasteiger partial charge in [0.2, 0.25) is 0 Å². The molecule has 7 heteroatoms. The van der Waals surface area contributed by atoms with Crippen molar-refractivity contribution in [2.24, 2.45) is 0 Å². The second-order valence-corrected chi connectivity index (χ2v) is 6.29. The highest BCUT2D eigenvalue weighted by Crippen LogP contribution is 2.32. The molecule has 0 aromatic heterocycles. The van der Waals surface area contributed by atoms with Crippen LogP contribution >= 0.6 is 15.9 Å². The van der Waals surface area contributed by atoms with E-state index in [1.165, 1.54) is 0 Å². The Labute approximate surface area is 153 Å². The summed E-state index contributed by atoms with van der Waals surface area (Å²) in [5, 5.41) is 2.66. The summed E-state index contributed by atoms with van der Waals surface area (Å²) in [7, 11) is 0. The zero-order valence-electron chi connectivity index (χ0n) is 13.3. The first-order valence-corrected chi connectivity index (χ1v) is 8.49. The Hall–Kier alpha value is -2.54. The van der Waals surface area contributed by atoms with Crippen LogP contribution in [0, 0.1) is 0 Å². The highest BCUT2D eigenvalue weighted by molar-refractivity contribution is 9.10. The molecule has 1 aliphatic heterocycles. The van der Waals surface area contributed by atoms with Crippen molar-refractivity contribution in [3.8, 4) is 11.5 Å². The van der Waals surface area contributed by atoms with Gasteiger partial charge in [0.05, 0.1) is 6.42 Å². The lowest BCUT2D eigenvalue weighted by Gasteiger charge is -2.19. The molecule has 3 rings (SSSR count). The number of anilines is 1. The van der Waals surface area contributed by atoms with Crippen molar-refractivity contribution in [2.75, 3.05) is 25.1 Å². The smallest absolute Gasteiger partial charge is 0.310 e. The number of benzene rings is 2. The van der Waals surface area contributed by atoms with Crippen LogP contribution in [0.4, 0.5) is 5.69 Å². The Kier molecular flexibility index (Phi) is 5.55. The number of carbonyl (C=O) groups is 2. The van der Waals surface area contributed by atoms with Crippen LogP contribution in [0.3, 0.4) is 0 Å². The summed E-state index contributed by atoms with van der Waals surface area (Å²) in [5.41, 5.74) is 1.37. The van der Waals surface area contributed by atoms with Gasteiger partial charge < -0.3 is 19.5 Å². The number of esters is 1. The van der Waals surface area contributed by atoms with Crippen molar-refractivity contribution in [1.29, 1.82) is 0 Å². The third-order valence-electron chi connectivity index (χ3n) is 3.45. The van der Waals surface area contributed by atoms with Crippen molar-refractivity contribution < 1.29 is 23.8 Å². The fourth-order valence-electron chi connectivity index (χ4n) is 2.28. The van der Waals surface area contributed by atoms with E-state index in [9.17, 15) is 9.59 Å². The number of carbonyl (C=O) groups excluding carboxylic acids is 2. The van der Waals surface area contributed by atoms with E-state index in [0.29, 0.717) is 30.4 Å². The molecule has 0 bridgehead atoms. The van der Waals surface area contributed by atoms with Gasteiger partial charge in [0, 0.05) is 16.2 Å². The average molecular weight is 406 g/mol. The number of rotatable bonds is 5. The van der Waals surface area contributed by atoms with E-state index in [1.54, 1.807) is 18.2 Å². The van der Waals surface area contributed by atoms with Gasteiger partial charge in [-0.25, -0.2) is 0 Å². The van der Waals surface area contributed by atoms with Crippen molar-refractivity contribution in [1.82, 2.24) is 0 Å². The van der Waals surface area contributed by atoms with Crippen LogP contribution in [0.2, 0.25) is 0 Å². The first-order chi connectivity index (χ1) is 12.1. The number of amides is 1. The molecule has 1 heterocycles. The van der Waals surface area contributed by atoms with Gasteiger partial charge in [-0.1, -0.05) is 28.1 Å². The molecule has 6 nitrogen and oxygen atoms in total. The van der Waals surface area contributed by atoms with E-state index in [1.807, 2.05) is 24.3 Å². The SMILES string of the molecule is O=C(COC(=O)Cc1ccc(Br)cc1)Nc1ccc2c(c1)OCCO2. The normalized spacial score (nSPS) is 12.4. The zero-order chi connectivity index (χ0) is 17.6. The molecule has 2 aromatic carbocycles. The minimum atomic E-state index is -0.459. The standard InChI is InChI=1S/C18H16BrNO5/c19-13-3-1-12(2-4-13)9-18(22)25-11-17(21)20-14-5-6-15-16(10-14)24-8-7-23-15/h1-6,10H,7-9,11H2,(H,20,21). The van der Waals surface area contributed by atoms with Crippen molar-refractivity contribution in [3.05, 3.63) is 52.5 Å². The molecule has 0 saturated carbocycles. The van der Waals surface area contributed by atoms with E-state index in [0.717, 1.165) is 10.0 Å². The molecule has 25 heavy (non-hydrogen) atoms. The second-order valence-electron chi connectivity index (χ2n) is 5.37. The fourth-order valence-corrected chi connectivity index (χ4v) is 2.55. The van der Waals surface area contributed by atoms with Crippen LogP contribution in [-0.4, -0.2) is 31.7 Å². The van der Waals surface area contributed by atoms with E-state index in [-0.39, 0.29) is 13.0 Å². The van der Waals surface area contributed by atoms with Gasteiger partial charge in [0.1, 0.15) is 13.2 Å². The van der Waals surface area contributed by atoms with Gasteiger partial charge in [0.15, 0.2) is 18.1 Å². The number of nitrogens with one attached hydrogen (secondary N) is 1. The third kappa shape index (κ3) is 4.96. The predicted octanol–water partition coefficient (Wildman–Crippen LogP) is 2.94. The van der Waals surface area contributed by atoms with Crippen LogP contribution in [0.1, 0.15) is 5.56 Å². The molecule has 0 unspecified atom stereocenters. The summed E-state index contributed by atoms with van der Waals surface area (Å²) in [6.07, 6.45) is 0.116. The fraction of sp³-hybridized carbons (Fsp3) is 0.222. The monoisotopic (exact) mass is 405 g/mol. The number of halogens is 1. The molecule has 0 saturated heterocycles. The predicted molar refractivity (Wildman–Crippen MR) is 94.9 cm³/mol. The molecule has 0 radical (unpaired) electrons. The molecule has 0 atom stereocenters. The van der Waals surface area contributed by atoms with Gasteiger partial charge in [0.25, 0.3) is 5.91 Å². The molecular weight excluding hydrogens is 390 g/mol. The number of hydrogen-bond donors (Lipinski definition) is 1. The number of ether oxygens (including phenoxy) is 3. The minimum absolute atomic E-state index is 0.116. The summed E-state index contributed by atoms with van der Waals surface area (Å²) in [6, 6.07) is 12.4.